The third-order valence-corrected chi connectivity index (χ3v) is 11.8. The van der Waals surface area contributed by atoms with Gasteiger partial charge in [-0.2, -0.15) is 0 Å². The van der Waals surface area contributed by atoms with Crippen LogP contribution in [0.15, 0.2) is 0 Å². The first-order valence-corrected chi connectivity index (χ1v) is 18.5. The topological polar surface area (TPSA) is 194 Å². The van der Waals surface area contributed by atoms with Crippen molar-refractivity contribution in [2.75, 3.05) is 21.2 Å². The van der Waals surface area contributed by atoms with Crippen LogP contribution in [0.1, 0.15) is 94.9 Å². The number of likely N-dealkylation sites (N-methyl/N-ethyl adjacent to an activating group) is 1. The molecule has 5 N–H and O–H groups in total. The number of hydrogen-bond acceptors (Lipinski definition) is 14. The molecule has 3 aliphatic rings. The Bertz CT molecular complexity index is 1170. The van der Waals surface area contributed by atoms with Crippen molar-refractivity contribution in [3.8, 4) is 0 Å². The highest BCUT2D eigenvalue weighted by Gasteiger charge is 2.53. The third-order valence-electron chi connectivity index (χ3n) is 11.8. The Labute approximate surface area is 304 Å². The standard InChI is InChI=1S/C37H67NO13/c1-14-25-37(10,45)30(41)20(4)27(39)18(2)16-35(8,44)32(51-34-28(40)24(38(11)12)15-19(3)47-34)21(5)29(22(6)33(43)49-25)50-26-17-36(9,46-13)31(42)23(7)48-26/h18-26,28-32,34,40-42,44-45H,14-17H2,1-13H3/t18?,19?,20?,21?,22?,23?,24?,25-,26?,28?,29?,30?,31?,32?,34?,35?,36?,37?/m1/s1. The van der Waals surface area contributed by atoms with E-state index in [0.29, 0.717) is 6.42 Å². The van der Waals surface area contributed by atoms with Crippen molar-refractivity contribution in [3.05, 3.63) is 0 Å². The second-order valence-corrected chi connectivity index (χ2v) is 16.5. The molecule has 0 aromatic carbocycles. The summed E-state index contributed by atoms with van der Waals surface area (Å²) >= 11 is 0. The van der Waals surface area contributed by atoms with Gasteiger partial charge in [-0.15, -0.1) is 0 Å². The van der Waals surface area contributed by atoms with E-state index in [1.165, 1.54) is 27.9 Å². The molecule has 14 heteroatoms. The van der Waals surface area contributed by atoms with Gasteiger partial charge in [0.1, 0.15) is 29.7 Å². The number of cyclic esters (lactones) is 1. The number of esters is 1. The first-order valence-electron chi connectivity index (χ1n) is 18.5. The van der Waals surface area contributed by atoms with E-state index in [0.717, 1.165) is 0 Å². The number of methoxy groups -OCH3 is 1. The van der Waals surface area contributed by atoms with Gasteiger partial charge in [0, 0.05) is 37.3 Å². The van der Waals surface area contributed by atoms with Crippen LogP contribution in [0, 0.1) is 23.7 Å². The van der Waals surface area contributed by atoms with Crippen LogP contribution in [-0.2, 0) is 38.0 Å². The summed E-state index contributed by atoms with van der Waals surface area (Å²) in [5.74, 6) is -4.98. The van der Waals surface area contributed by atoms with Crippen molar-refractivity contribution in [2.24, 2.45) is 23.7 Å². The maximum Gasteiger partial charge on any atom is 0.311 e. The van der Waals surface area contributed by atoms with E-state index in [4.69, 9.17) is 28.4 Å². The largest absolute Gasteiger partial charge is 0.459 e. The highest BCUT2D eigenvalue weighted by atomic mass is 16.7. The predicted octanol–water partition coefficient (Wildman–Crippen LogP) is 1.79. The van der Waals surface area contributed by atoms with E-state index < -0.39 is 108 Å². The van der Waals surface area contributed by atoms with E-state index in [9.17, 15) is 35.1 Å². The monoisotopic (exact) mass is 733 g/mol. The van der Waals surface area contributed by atoms with Gasteiger partial charge in [0.25, 0.3) is 0 Å². The zero-order valence-electron chi connectivity index (χ0n) is 32.9. The number of carbonyl (C=O) groups excluding carboxylic acids is 2. The summed E-state index contributed by atoms with van der Waals surface area (Å²) in [5, 5.41) is 57.6. The Balaban J connectivity index is 2.18. The smallest absolute Gasteiger partial charge is 0.311 e. The molecule has 0 aromatic heterocycles. The van der Waals surface area contributed by atoms with Gasteiger partial charge < -0.3 is 58.9 Å². The van der Waals surface area contributed by atoms with E-state index in [2.05, 4.69) is 0 Å². The molecule has 0 spiro atoms. The lowest BCUT2D eigenvalue weighted by molar-refractivity contribution is -0.318. The fourth-order valence-corrected chi connectivity index (χ4v) is 8.41. The number of Topliss-reactive ketones (excluding diaryl/α,β-unsaturated/α-hetero) is 1. The Morgan fingerprint density at radius 1 is 0.882 bits per heavy atom. The molecule has 17 unspecified atom stereocenters. The molecule has 0 amide bonds. The number of ketones is 1. The summed E-state index contributed by atoms with van der Waals surface area (Å²) in [6.07, 6.45) is -9.71. The average Bonchev–Trinajstić information content (AvgIpc) is 3.05. The lowest BCUT2D eigenvalue weighted by Gasteiger charge is -2.49. The maximum atomic E-state index is 14.1. The van der Waals surface area contributed by atoms with Crippen LogP contribution in [-0.4, -0.2) is 148 Å². The summed E-state index contributed by atoms with van der Waals surface area (Å²) in [6, 6.07) is -0.324. The summed E-state index contributed by atoms with van der Waals surface area (Å²) in [5.41, 5.74) is -4.84. The maximum absolute atomic E-state index is 14.1. The van der Waals surface area contributed by atoms with E-state index in [-0.39, 0.29) is 31.4 Å². The number of hydrogen-bond donors (Lipinski definition) is 5. The predicted molar refractivity (Wildman–Crippen MR) is 186 cm³/mol. The van der Waals surface area contributed by atoms with Gasteiger partial charge in [0.05, 0.1) is 47.6 Å². The zero-order valence-corrected chi connectivity index (χ0v) is 32.9. The minimum absolute atomic E-state index is 0.0936. The molecule has 3 rings (SSSR count). The quantitative estimate of drug-likeness (QED) is 0.238. The van der Waals surface area contributed by atoms with Crippen LogP contribution in [0.2, 0.25) is 0 Å². The summed E-state index contributed by atoms with van der Waals surface area (Å²) < 4.78 is 37.1. The van der Waals surface area contributed by atoms with Gasteiger partial charge in [-0.1, -0.05) is 27.7 Å². The molecule has 14 nitrogen and oxygen atoms in total. The van der Waals surface area contributed by atoms with Crippen LogP contribution < -0.4 is 0 Å². The molecule has 0 radical (unpaired) electrons. The Hall–Kier alpha value is -1.30. The average molecular weight is 734 g/mol. The van der Waals surface area contributed by atoms with Gasteiger partial charge in [-0.05, 0) is 74.9 Å². The highest BCUT2D eigenvalue weighted by Crippen LogP contribution is 2.40. The zero-order chi connectivity index (χ0) is 39.0. The number of rotatable bonds is 7. The van der Waals surface area contributed by atoms with Crippen molar-refractivity contribution in [2.45, 2.75) is 179 Å². The normalized spacial score (nSPS) is 49.7. The molecule has 3 saturated heterocycles. The van der Waals surface area contributed by atoms with Crippen LogP contribution in [0.5, 0.6) is 0 Å². The van der Waals surface area contributed by atoms with Crippen molar-refractivity contribution in [1.82, 2.24) is 4.90 Å². The molecule has 3 aliphatic heterocycles. The van der Waals surface area contributed by atoms with E-state index >= 15 is 0 Å². The highest BCUT2D eigenvalue weighted by molar-refractivity contribution is 5.83. The molecule has 18 atom stereocenters. The number of carbonyl (C=O) groups is 2. The second kappa shape index (κ2) is 17.0. The Morgan fingerprint density at radius 2 is 1.49 bits per heavy atom. The van der Waals surface area contributed by atoms with Crippen LogP contribution >= 0.6 is 0 Å². The summed E-state index contributed by atoms with van der Waals surface area (Å²) in [4.78, 5) is 29.8. The molecule has 51 heavy (non-hydrogen) atoms. The first kappa shape index (κ1) is 44.1. The molecule has 298 valence electrons. The van der Waals surface area contributed by atoms with Crippen LogP contribution in [0.3, 0.4) is 0 Å². The second-order valence-electron chi connectivity index (χ2n) is 16.5. The van der Waals surface area contributed by atoms with E-state index in [1.54, 1.807) is 41.5 Å². The minimum Gasteiger partial charge on any atom is -0.459 e. The third kappa shape index (κ3) is 9.51. The lowest BCUT2D eigenvalue weighted by atomic mass is 9.74. The summed E-state index contributed by atoms with van der Waals surface area (Å²) in [7, 11) is 5.18. The number of aliphatic hydroxyl groups is 5. The molecule has 3 fully saturated rings. The number of aliphatic hydroxyl groups excluding tert-OH is 3. The van der Waals surface area contributed by atoms with Gasteiger partial charge in [0.2, 0.25) is 0 Å². The SMILES string of the molecule is CC[C@H]1OC(=O)C(C)C(OC2CC(C)(OC)C(O)C(C)O2)C(C)C(OC2OC(C)CC(N(C)C)C2O)C(C)(O)CC(C)C(=O)C(C)C(O)C1(C)O. The van der Waals surface area contributed by atoms with Gasteiger partial charge >= 0.3 is 5.97 Å². The fraction of sp³-hybridized carbons (Fsp3) is 0.946. The van der Waals surface area contributed by atoms with Crippen LogP contribution in [0.4, 0.5) is 0 Å². The van der Waals surface area contributed by atoms with Crippen molar-refractivity contribution < 1.29 is 63.5 Å². The molecule has 0 bridgehead atoms. The van der Waals surface area contributed by atoms with Crippen molar-refractivity contribution >= 4 is 11.8 Å². The number of nitrogens with zero attached hydrogens (tertiary/aromatic N) is 1. The molecular weight excluding hydrogens is 666 g/mol. The summed E-state index contributed by atoms with van der Waals surface area (Å²) in [6.45, 7) is 16.3. The molecule has 0 aromatic rings. The van der Waals surface area contributed by atoms with Gasteiger partial charge in [-0.25, -0.2) is 0 Å². The van der Waals surface area contributed by atoms with Gasteiger partial charge in [-0.3, -0.25) is 9.59 Å². The van der Waals surface area contributed by atoms with Crippen molar-refractivity contribution in [3.63, 3.8) is 0 Å². The van der Waals surface area contributed by atoms with E-state index in [1.807, 2.05) is 25.9 Å². The molecular formula is C37H67NO13. The molecule has 0 aliphatic carbocycles. The lowest BCUT2D eigenvalue weighted by Crippen LogP contribution is -2.61. The fourth-order valence-electron chi connectivity index (χ4n) is 8.41. The minimum atomic E-state index is -1.99. The number of ether oxygens (including phenoxy) is 6. The van der Waals surface area contributed by atoms with Crippen LogP contribution in [0.25, 0.3) is 0 Å². The molecule has 0 saturated carbocycles. The first-order chi connectivity index (χ1) is 23.4. The Kier molecular flexibility index (Phi) is 14.7. The van der Waals surface area contributed by atoms with Crippen molar-refractivity contribution in [1.29, 1.82) is 0 Å². The molecule has 3 heterocycles. The van der Waals surface area contributed by atoms with Gasteiger partial charge in [0.15, 0.2) is 12.6 Å². The Morgan fingerprint density at radius 3 is 2.04 bits per heavy atom.